The van der Waals surface area contributed by atoms with Crippen LogP contribution in [0.25, 0.3) is 11.1 Å². The van der Waals surface area contributed by atoms with E-state index in [1.54, 1.807) is 6.20 Å². The van der Waals surface area contributed by atoms with Crippen molar-refractivity contribution in [2.24, 2.45) is 11.3 Å². The molecule has 0 bridgehead atoms. The Morgan fingerprint density at radius 1 is 1.09 bits per heavy atom. The van der Waals surface area contributed by atoms with E-state index in [2.05, 4.69) is 55.8 Å². The first kappa shape index (κ1) is 23.4. The summed E-state index contributed by atoms with van der Waals surface area (Å²) in [6.07, 6.45) is 5.68. The summed E-state index contributed by atoms with van der Waals surface area (Å²) >= 11 is 0. The number of anilines is 2. The second kappa shape index (κ2) is 10.1. The van der Waals surface area contributed by atoms with E-state index in [9.17, 15) is 4.79 Å². The Morgan fingerprint density at radius 2 is 1.86 bits per heavy atom. The summed E-state index contributed by atoms with van der Waals surface area (Å²) in [5.41, 5.74) is 3.12. The average Bonchev–Trinajstić information content (AvgIpc) is 3.27. The van der Waals surface area contributed by atoms with Gasteiger partial charge >= 0.3 is 0 Å². The summed E-state index contributed by atoms with van der Waals surface area (Å²) in [6.45, 7) is 12.2. The number of piperazine rings is 1. The van der Waals surface area contributed by atoms with Gasteiger partial charge in [-0.2, -0.15) is 10.2 Å². The van der Waals surface area contributed by atoms with Crippen LogP contribution in [0.1, 0.15) is 13.8 Å². The second-order valence-corrected chi connectivity index (χ2v) is 10.4. The molecule has 0 aliphatic carbocycles. The molecule has 1 amide bonds. The van der Waals surface area contributed by atoms with E-state index in [0.717, 1.165) is 61.9 Å². The number of amides is 1. The molecule has 1 aromatic carbocycles. The lowest BCUT2D eigenvalue weighted by atomic mass is 9.92. The number of benzene rings is 1. The van der Waals surface area contributed by atoms with Crippen molar-refractivity contribution in [2.45, 2.75) is 20.4 Å². The zero-order valence-corrected chi connectivity index (χ0v) is 20.5. The molecule has 184 valence electrons. The third-order valence-corrected chi connectivity index (χ3v) is 6.70. The molecule has 2 fully saturated rings. The predicted molar refractivity (Wildman–Crippen MR) is 137 cm³/mol. The molecular weight excluding hydrogens is 440 g/mol. The maximum absolute atomic E-state index is 12.6. The Morgan fingerprint density at radius 3 is 2.57 bits per heavy atom. The van der Waals surface area contributed by atoms with Gasteiger partial charge in [0.2, 0.25) is 5.91 Å². The van der Waals surface area contributed by atoms with Crippen LogP contribution in [0.2, 0.25) is 0 Å². The lowest BCUT2D eigenvalue weighted by molar-refractivity contribution is -0.120. The topological polar surface area (TPSA) is 91.2 Å². The number of carbonyl (C=O) groups excluding carboxylic acids is 1. The summed E-state index contributed by atoms with van der Waals surface area (Å²) < 4.78 is 2.05. The van der Waals surface area contributed by atoms with Crippen LogP contribution in [0.4, 0.5) is 11.5 Å². The highest BCUT2D eigenvalue weighted by molar-refractivity contribution is 5.94. The number of rotatable bonds is 8. The van der Waals surface area contributed by atoms with Crippen molar-refractivity contribution in [2.75, 3.05) is 56.0 Å². The van der Waals surface area contributed by atoms with E-state index in [4.69, 9.17) is 0 Å². The van der Waals surface area contributed by atoms with Crippen LogP contribution in [0.5, 0.6) is 0 Å². The van der Waals surface area contributed by atoms with Gasteiger partial charge in [-0.1, -0.05) is 26.0 Å². The van der Waals surface area contributed by atoms with Gasteiger partial charge in [-0.15, -0.1) is 5.10 Å². The van der Waals surface area contributed by atoms with Crippen LogP contribution in [-0.4, -0.2) is 76.6 Å². The lowest BCUT2D eigenvalue weighted by Gasteiger charge is -2.38. The molecule has 2 saturated heterocycles. The molecule has 0 atom stereocenters. The van der Waals surface area contributed by atoms with Crippen molar-refractivity contribution < 1.29 is 4.79 Å². The van der Waals surface area contributed by atoms with Crippen molar-refractivity contribution in [3.05, 3.63) is 55.0 Å². The van der Waals surface area contributed by atoms with Crippen LogP contribution in [0, 0.1) is 11.3 Å². The van der Waals surface area contributed by atoms with Crippen LogP contribution in [0.3, 0.4) is 0 Å². The Bertz CT molecular complexity index is 1120. The van der Waals surface area contributed by atoms with E-state index in [0.29, 0.717) is 13.1 Å². The maximum Gasteiger partial charge on any atom is 0.231 e. The molecule has 2 aromatic heterocycles. The molecular formula is C26H34N8O. The van der Waals surface area contributed by atoms with E-state index >= 15 is 0 Å². The zero-order chi connectivity index (χ0) is 24.3. The monoisotopic (exact) mass is 474 g/mol. The number of aromatic nitrogens is 4. The highest BCUT2D eigenvalue weighted by Crippen LogP contribution is 2.26. The van der Waals surface area contributed by atoms with E-state index in [1.165, 1.54) is 0 Å². The zero-order valence-electron chi connectivity index (χ0n) is 20.5. The van der Waals surface area contributed by atoms with Gasteiger partial charge in [-0.25, -0.2) is 0 Å². The standard InChI is InChI=1S/C26H34N8O/c1-26(2,18-32-12-10-27-11-13-32)19-34-17-21(14-29-34)20-5-7-23(8-6-20)30-25(35)22-15-33(16-22)24-4-3-9-28-31-24/h3-9,14,17,22,27H,10-13,15-16,18-19H2,1-2H3,(H,30,35). The van der Waals surface area contributed by atoms with E-state index in [1.807, 2.05) is 47.3 Å². The fraction of sp³-hybridized carbons (Fsp3) is 0.462. The molecule has 3 aromatic rings. The first-order valence-electron chi connectivity index (χ1n) is 12.3. The Balaban J connectivity index is 1.13. The molecule has 0 saturated carbocycles. The van der Waals surface area contributed by atoms with Crippen molar-refractivity contribution in [3.63, 3.8) is 0 Å². The first-order valence-corrected chi connectivity index (χ1v) is 12.3. The minimum Gasteiger partial charge on any atom is -0.353 e. The van der Waals surface area contributed by atoms with Gasteiger partial charge in [-0.05, 0) is 35.2 Å². The average molecular weight is 475 g/mol. The Kier molecular flexibility index (Phi) is 6.79. The van der Waals surface area contributed by atoms with Gasteiger partial charge < -0.3 is 20.4 Å². The molecule has 0 radical (unpaired) electrons. The van der Waals surface area contributed by atoms with Crippen molar-refractivity contribution in [1.82, 2.24) is 30.2 Å². The molecule has 35 heavy (non-hydrogen) atoms. The predicted octanol–water partition coefficient (Wildman–Crippen LogP) is 2.35. The van der Waals surface area contributed by atoms with Crippen LogP contribution < -0.4 is 15.5 Å². The lowest BCUT2D eigenvalue weighted by Crippen LogP contribution is -2.52. The summed E-state index contributed by atoms with van der Waals surface area (Å²) in [6, 6.07) is 11.8. The highest BCUT2D eigenvalue weighted by Gasteiger charge is 2.33. The van der Waals surface area contributed by atoms with E-state index < -0.39 is 0 Å². The number of hydrogen-bond donors (Lipinski definition) is 2. The minimum atomic E-state index is -0.0422. The van der Waals surface area contributed by atoms with Crippen molar-refractivity contribution >= 4 is 17.4 Å². The van der Waals surface area contributed by atoms with E-state index in [-0.39, 0.29) is 17.2 Å². The summed E-state index contributed by atoms with van der Waals surface area (Å²) in [7, 11) is 0. The van der Waals surface area contributed by atoms with Crippen LogP contribution in [0.15, 0.2) is 55.0 Å². The molecule has 2 N–H and O–H groups in total. The molecule has 9 heteroatoms. The van der Waals surface area contributed by atoms with Gasteiger partial charge in [0.05, 0.1) is 12.1 Å². The fourth-order valence-corrected chi connectivity index (χ4v) is 4.85. The third-order valence-electron chi connectivity index (χ3n) is 6.70. The SMILES string of the molecule is CC(C)(CN1CCNCC1)Cn1cc(-c2ccc(NC(=O)C3CN(c4cccnn4)C3)cc2)cn1. The summed E-state index contributed by atoms with van der Waals surface area (Å²) in [4.78, 5) is 17.2. The summed E-state index contributed by atoms with van der Waals surface area (Å²) in [5, 5.41) is 19.1. The largest absolute Gasteiger partial charge is 0.353 e. The maximum atomic E-state index is 12.6. The van der Waals surface area contributed by atoms with Gasteiger partial charge in [0.15, 0.2) is 5.82 Å². The molecule has 2 aliphatic heterocycles. The first-order chi connectivity index (χ1) is 16.9. The number of carbonyl (C=O) groups is 1. The van der Waals surface area contributed by atoms with Crippen molar-refractivity contribution in [1.29, 1.82) is 0 Å². The third kappa shape index (κ3) is 5.86. The summed E-state index contributed by atoms with van der Waals surface area (Å²) in [5.74, 6) is 0.811. The molecule has 4 heterocycles. The van der Waals surface area contributed by atoms with Gasteiger partial charge in [-0.3, -0.25) is 9.48 Å². The van der Waals surface area contributed by atoms with Crippen LogP contribution in [-0.2, 0) is 11.3 Å². The second-order valence-electron chi connectivity index (χ2n) is 10.4. The smallest absolute Gasteiger partial charge is 0.231 e. The van der Waals surface area contributed by atoms with Crippen molar-refractivity contribution in [3.8, 4) is 11.1 Å². The molecule has 0 spiro atoms. The normalized spacial score (nSPS) is 17.3. The number of hydrogen-bond acceptors (Lipinski definition) is 7. The van der Waals surface area contributed by atoms with Gasteiger partial charge in [0.25, 0.3) is 0 Å². The quantitative estimate of drug-likeness (QED) is 0.518. The number of nitrogens with one attached hydrogen (secondary N) is 2. The minimum absolute atomic E-state index is 0.0393. The molecule has 9 nitrogen and oxygen atoms in total. The van der Waals surface area contributed by atoms with Crippen LogP contribution >= 0.6 is 0 Å². The fourth-order valence-electron chi connectivity index (χ4n) is 4.85. The van der Waals surface area contributed by atoms with Gasteiger partial charge in [0.1, 0.15) is 0 Å². The van der Waals surface area contributed by atoms with Gasteiger partial charge in [0, 0.05) is 76.0 Å². The molecule has 5 rings (SSSR count). The molecule has 2 aliphatic rings. The molecule has 0 unspecified atom stereocenters. The highest BCUT2D eigenvalue weighted by atomic mass is 16.2. The Labute approximate surface area is 206 Å². The number of nitrogens with zero attached hydrogens (tertiary/aromatic N) is 6. The Hall–Kier alpha value is -3.30.